The summed E-state index contributed by atoms with van der Waals surface area (Å²) in [7, 11) is 0. The molecule has 0 aliphatic heterocycles. The molecule has 3 nitrogen and oxygen atoms in total. The summed E-state index contributed by atoms with van der Waals surface area (Å²) in [5.74, 6) is 0.327. The van der Waals surface area contributed by atoms with E-state index in [4.69, 9.17) is 16.9 Å². The van der Waals surface area contributed by atoms with Crippen molar-refractivity contribution in [1.29, 1.82) is 5.26 Å². The quantitative estimate of drug-likeness (QED) is 0.924. The molecule has 0 heterocycles. The van der Waals surface area contributed by atoms with E-state index >= 15 is 0 Å². The van der Waals surface area contributed by atoms with E-state index in [9.17, 15) is 4.79 Å². The first-order valence-corrected chi connectivity index (χ1v) is 7.61. The van der Waals surface area contributed by atoms with Crippen molar-refractivity contribution in [3.8, 4) is 6.07 Å². The fraction of sp³-hybridized carbons (Fsp3) is 0.222. The summed E-state index contributed by atoms with van der Waals surface area (Å²) in [5.41, 5.74) is 2.07. The second-order valence-electron chi connectivity index (χ2n) is 5.53. The van der Waals surface area contributed by atoms with Crippen LogP contribution in [0.2, 0.25) is 5.02 Å². The Kier molecular flexibility index (Phi) is 4.13. The van der Waals surface area contributed by atoms with Gasteiger partial charge in [-0.1, -0.05) is 29.8 Å². The number of benzene rings is 2. The van der Waals surface area contributed by atoms with Crippen LogP contribution in [0.1, 0.15) is 40.4 Å². The van der Waals surface area contributed by atoms with Crippen LogP contribution < -0.4 is 5.32 Å². The van der Waals surface area contributed by atoms with Gasteiger partial charge in [-0.05, 0) is 54.7 Å². The predicted molar refractivity (Wildman–Crippen MR) is 85.5 cm³/mol. The maximum Gasteiger partial charge on any atom is 0.251 e. The molecule has 1 amide bonds. The van der Waals surface area contributed by atoms with Crippen molar-refractivity contribution in [1.82, 2.24) is 5.32 Å². The van der Waals surface area contributed by atoms with Gasteiger partial charge in [-0.2, -0.15) is 5.26 Å². The molecule has 2 aromatic rings. The summed E-state index contributed by atoms with van der Waals surface area (Å²) >= 11 is 5.93. The van der Waals surface area contributed by atoms with E-state index < -0.39 is 0 Å². The Balaban J connectivity index is 1.80. The summed E-state index contributed by atoms with van der Waals surface area (Å²) in [6.07, 6.45) is 2.23. The molecular formula is C18H15ClN2O. The van der Waals surface area contributed by atoms with Crippen LogP contribution in [-0.2, 0) is 0 Å². The number of amides is 1. The molecule has 2 aromatic carbocycles. The molecule has 3 rings (SSSR count). The smallest absolute Gasteiger partial charge is 0.251 e. The van der Waals surface area contributed by atoms with Crippen LogP contribution in [0.4, 0.5) is 0 Å². The number of hydrogen-bond acceptors (Lipinski definition) is 2. The fourth-order valence-electron chi connectivity index (χ4n) is 2.53. The number of carbonyl (C=O) groups excluding carboxylic acids is 1. The molecule has 1 aliphatic carbocycles. The van der Waals surface area contributed by atoms with Crippen LogP contribution in [0.5, 0.6) is 0 Å². The van der Waals surface area contributed by atoms with Crippen LogP contribution >= 0.6 is 11.6 Å². The van der Waals surface area contributed by atoms with Crippen LogP contribution in [0, 0.1) is 17.2 Å². The van der Waals surface area contributed by atoms with Crippen molar-refractivity contribution in [3.63, 3.8) is 0 Å². The molecule has 1 saturated carbocycles. The van der Waals surface area contributed by atoms with Gasteiger partial charge in [-0.15, -0.1) is 0 Å². The molecule has 0 aromatic heterocycles. The van der Waals surface area contributed by atoms with Crippen molar-refractivity contribution in [2.75, 3.05) is 0 Å². The van der Waals surface area contributed by atoms with E-state index in [1.54, 1.807) is 24.3 Å². The zero-order valence-electron chi connectivity index (χ0n) is 11.9. The van der Waals surface area contributed by atoms with E-state index in [0.717, 1.165) is 18.4 Å². The highest BCUT2D eigenvalue weighted by Crippen LogP contribution is 2.41. The topological polar surface area (TPSA) is 52.9 Å². The lowest BCUT2D eigenvalue weighted by Gasteiger charge is -2.19. The Labute approximate surface area is 134 Å². The molecule has 1 fully saturated rings. The number of hydrogen-bond donors (Lipinski definition) is 1. The maximum atomic E-state index is 12.4. The third kappa shape index (κ3) is 3.29. The van der Waals surface area contributed by atoms with Crippen molar-refractivity contribution >= 4 is 17.5 Å². The highest BCUT2D eigenvalue weighted by Gasteiger charge is 2.33. The third-order valence-corrected chi connectivity index (χ3v) is 4.11. The fourth-order valence-corrected chi connectivity index (χ4v) is 2.65. The van der Waals surface area contributed by atoms with E-state index in [1.807, 2.05) is 24.3 Å². The van der Waals surface area contributed by atoms with E-state index in [2.05, 4.69) is 11.4 Å². The van der Waals surface area contributed by atoms with Crippen molar-refractivity contribution in [3.05, 3.63) is 70.2 Å². The minimum atomic E-state index is -0.149. The van der Waals surface area contributed by atoms with Gasteiger partial charge in [-0.3, -0.25) is 4.79 Å². The van der Waals surface area contributed by atoms with Crippen molar-refractivity contribution < 1.29 is 4.79 Å². The van der Waals surface area contributed by atoms with Crippen molar-refractivity contribution in [2.24, 2.45) is 5.92 Å². The Morgan fingerprint density at radius 3 is 2.59 bits per heavy atom. The van der Waals surface area contributed by atoms with Gasteiger partial charge in [0.2, 0.25) is 0 Å². The van der Waals surface area contributed by atoms with Crippen LogP contribution in [-0.4, -0.2) is 5.91 Å². The summed E-state index contributed by atoms with van der Waals surface area (Å²) in [5, 5.41) is 12.7. The lowest BCUT2D eigenvalue weighted by Crippen LogP contribution is -2.29. The predicted octanol–water partition coefficient (Wildman–Crippen LogP) is 4.09. The number of carbonyl (C=O) groups is 1. The highest BCUT2D eigenvalue weighted by atomic mass is 35.5. The zero-order valence-corrected chi connectivity index (χ0v) is 12.7. The van der Waals surface area contributed by atoms with E-state index in [1.165, 1.54) is 0 Å². The minimum Gasteiger partial charge on any atom is -0.345 e. The number of rotatable bonds is 4. The lowest BCUT2D eigenvalue weighted by atomic mass is 10.0. The van der Waals surface area contributed by atoms with Gasteiger partial charge < -0.3 is 5.32 Å². The standard InChI is InChI=1S/C18H15ClN2O/c19-16-8-6-14(7-9-16)17(13-4-5-13)21-18(22)15-3-1-2-12(10-15)11-20/h1-3,6-10,13,17H,4-5H2,(H,21,22). The molecule has 0 spiro atoms. The SMILES string of the molecule is N#Cc1cccc(C(=O)NC(c2ccc(Cl)cc2)C2CC2)c1. The summed E-state index contributed by atoms with van der Waals surface area (Å²) < 4.78 is 0. The van der Waals surface area contributed by atoms with Crippen LogP contribution in [0.3, 0.4) is 0 Å². The molecule has 4 heteroatoms. The number of nitrogens with zero attached hydrogens (tertiary/aromatic N) is 1. The van der Waals surface area contributed by atoms with E-state index in [0.29, 0.717) is 22.1 Å². The number of nitriles is 1. The Morgan fingerprint density at radius 1 is 1.23 bits per heavy atom. The van der Waals surface area contributed by atoms with Gasteiger partial charge >= 0.3 is 0 Å². The van der Waals surface area contributed by atoms with Gasteiger partial charge in [0.15, 0.2) is 0 Å². The maximum absolute atomic E-state index is 12.4. The molecule has 1 unspecified atom stereocenters. The average molecular weight is 311 g/mol. The molecule has 1 aliphatic rings. The Morgan fingerprint density at radius 2 is 1.95 bits per heavy atom. The van der Waals surface area contributed by atoms with E-state index in [-0.39, 0.29) is 11.9 Å². The Bertz CT molecular complexity index is 729. The molecule has 0 bridgehead atoms. The minimum absolute atomic E-state index is 0.00416. The normalized spacial score (nSPS) is 14.9. The summed E-state index contributed by atoms with van der Waals surface area (Å²) in [6, 6.07) is 16.4. The molecule has 0 saturated heterocycles. The zero-order chi connectivity index (χ0) is 15.5. The molecule has 0 radical (unpaired) electrons. The molecule has 110 valence electrons. The summed E-state index contributed by atoms with van der Waals surface area (Å²) in [4.78, 5) is 12.4. The molecule has 1 N–H and O–H groups in total. The van der Waals surface area contributed by atoms with Crippen molar-refractivity contribution in [2.45, 2.75) is 18.9 Å². The molecule has 1 atom stereocenters. The first kappa shape index (κ1) is 14.6. The molecule has 22 heavy (non-hydrogen) atoms. The van der Waals surface area contributed by atoms with Crippen LogP contribution in [0.25, 0.3) is 0 Å². The number of nitrogens with one attached hydrogen (secondary N) is 1. The van der Waals surface area contributed by atoms with Gasteiger partial charge in [0.1, 0.15) is 0 Å². The summed E-state index contributed by atoms with van der Waals surface area (Å²) in [6.45, 7) is 0. The number of halogens is 1. The second kappa shape index (κ2) is 6.21. The van der Waals surface area contributed by atoms with Gasteiger partial charge in [0.25, 0.3) is 5.91 Å². The van der Waals surface area contributed by atoms with Crippen LogP contribution in [0.15, 0.2) is 48.5 Å². The highest BCUT2D eigenvalue weighted by molar-refractivity contribution is 6.30. The first-order chi connectivity index (χ1) is 10.7. The third-order valence-electron chi connectivity index (χ3n) is 3.86. The monoisotopic (exact) mass is 310 g/mol. The van der Waals surface area contributed by atoms with Gasteiger partial charge in [-0.25, -0.2) is 0 Å². The van der Waals surface area contributed by atoms with Gasteiger partial charge in [0, 0.05) is 10.6 Å². The Hall–Kier alpha value is -2.31. The largest absolute Gasteiger partial charge is 0.345 e. The first-order valence-electron chi connectivity index (χ1n) is 7.24. The second-order valence-corrected chi connectivity index (χ2v) is 5.97. The average Bonchev–Trinajstić information content (AvgIpc) is 3.38. The molecular weight excluding hydrogens is 296 g/mol. The van der Waals surface area contributed by atoms with Gasteiger partial charge in [0.05, 0.1) is 17.7 Å². The lowest BCUT2D eigenvalue weighted by molar-refractivity contribution is 0.0931.